The fraction of sp³-hybridized carbons (Fsp3) is 0.500. The highest BCUT2D eigenvalue weighted by atomic mass is 16.5. The predicted octanol–water partition coefficient (Wildman–Crippen LogP) is 2.51. The van der Waals surface area contributed by atoms with E-state index in [2.05, 4.69) is 12.2 Å². The lowest BCUT2D eigenvalue weighted by Crippen LogP contribution is -2.14. The number of ether oxygens (including phenoxy) is 1. The highest BCUT2D eigenvalue weighted by molar-refractivity contribution is 5.69. The van der Waals surface area contributed by atoms with E-state index in [0.717, 1.165) is 31.5 Å². The van der Waals surface area contributed by atoms with Gasteiger partial charge in [0.1, 0.15) is 6.61 Å². The lowest BCUT2D eigenvalue weighted by molar-refractivity contribution is -0.145. The monoisotopic (exact) mass is 235 g/mol. The maximum atomic E-state index is 11.4. The number of carbonyl (C=O) groups excluding carboxylic acids is 1. The van der Waals surface area contributed by atoms with Gasteiger partial charge in [0.15, 0.2) is 0 Å². The Balaban J connectivity index is 2.05. The average Bonchev–Trinajstić information content (AvgIpc) is 2.37. The van der Waals surface area contributed by atoms with E-state index in [0.29, 0.717) is 13.0 Å². The molecule has 3 nitrogen and oxygen atoms in total. The second-order valence-electron chi connectivity index (χ2n) is 3.96. The van der Waals surface area contributed by atoms with Crippen molar-refractivity contribution in [3.05, 3.63) is 35.9 Å². The Hall–Kier alpha value is -1.35. The second-order valence-corrected chi connectivity index (χ2v) is 3.96. The van der Waals surface area contributed by atoms with E-state index in [4.69, 9.17) is 4.74 Å². The van der Waals surface area contributed by atoms with Gasteiger partial charge < -0.3 is 10.1 Å². The molecule has 1 N–H and O–H groups in total. The van der Waals surface area contributed by atoms with Gasteiger partial charge in [0.05, 0.1) is 0 Å². The summed E-state index contributed by atoms with van der Waals surface area (Å²) in [6, 6.07) is 9.75. The molecule has 0 fully saturated rings. The van der Waals surface area contributed by atoms with Gasteiger partial charge in [-0.25, -0.2) is 0 Å². The third-order valence-electron chi connectivity index (χ3n) is 2.48. The SMILES string of the molecule is CCNCCCCC(=O)OCc1ccccc1. The van der Waals surface area contributed by atoms with Crippen molar-refractivity contribution in [1.29, 1.82) is 0 Å². The number of nitrogens with one attached hydrogen (secondary N) is 1. The topological polar surface area (TPSA) is 38.3 Å². The number of carbonyl (C=O) groups is 1. The highest BCUT2D eigenvalue weighted by Crippen LogP contribution is 2.03. The van der Waals surface area contributed by atoms with Crippen molar-refractivity contribution in [2.45, 2.75) is 32.8 Å². The summed E-state index contributed by atoms with van der Waals surface area (Å²) >= 11 is 0. The minimum Gasteiger partial charge on any atom is -0.461 e. The van der Waals surface area contributed by atoms with Crippen LogP contribution in [0, 0.1) is 0 Å². The van der Waals surface area contributed by atoms with Gasteiger partial charge in [0.25, 0.3) is 0 Å². The normalized spacial score (nSPS) is 10.2. The summed E-state index contributed by atoms with van der Waals surface area (Å²) in [5.41, 5.74) is 1.04. The summed E-state index contributed by atoms with van der Waals surface area (Å²) in [6.07, 6.45) is 2.42. The minimum atomic E-state index is -0.106. The zero-order valence-corrected chi connectivity index (χ0v) is 10.4. The van der Waals surface area contributed by atoms with Crippen LogP contribution in [0.1, 0.15) is 31.7 Å². The van der Waals surface area contributed by atoms with E-state index in [9.17, 15) is 4.79 Å². The second kappa shape index (κ2) is 8.76. The zero-order chi connectivity index (χ0) is 12.3. The first-order valence-electron chi connectivity index (χ1n) is 6.23. The molecule has 1 aromatic carbocycles. The van der Waals surface area contributed by atoms with E-state index in [1.165, 1.54) is 0 Å². The molecule has 3 heteroatoms. The van der Waals surface area contributed by atoms with Crippen molar-refractivity contribution in [1.82, 2.24) is 5.32 Å². The Morgan fingerprint density at radius 3 is 2.71 bits per heavy atom. The highest BCUT2D eigenvalue weighted by Gasteiger charge is 2.02. The average molecular weight is 235 g/mol. The van der Waals surface area contributed by atoms with Gasteiger partial charge in [-0.05, 0) is 31.5 Å². The molecule has 0 saturated heterocycles. The molecule has 1 aromatic rings. The summed E-state index contributed by atoms with van der Waals surface area (Å²) in [6.45, 7) is 4.42. The maximum absolute atomic E-state index is 11.4. The van der Waals surface area contributed by atoms with Crippen molar-refractivity contribution < 1.29 is 9.53 Å². The molecular formula is C14H21NO2. The zero-order valence-electron chi connectivity index (χ0n) is 10.4. The van der Waals surface area contributed by atoms with Crippen LogP contribution in [-0.4, -0.2) is 19.1 Å². The van der Waals surface area contributed by atoms with Crippen molar-refractivity contribution in [3.8, 4) is 0 Å². The van der Waals surface area contributed by atoms with Crippen LogP contribution < -0.4 is 5.32 Å². The van der Waals surface area contributed by atoms with Crippen LogP contribution in [0.25, 0.3) is 0 Å². The maximum Gasteiger partial charge on any atom is 0.306 e. The van der Waals surface area contributed by atoms with Crippen LogP contribution in [0.15, 0.2) is 30.3 Å². The smallest absolute Gasteiger partial charge is 0.306 e. The van der Waals surface area contributed by atoms with Crippen LogP contribution >= 0.6 is 0 Å². The Morgan fingerprint density at radius 2 is 2.00 bits per heavy atom. The molecule has 0 saturated carbocycles. The molecule has 1 rings (SSSR count). The predicted molar refractivity (Wildman–Crippen MR) is 68.6 cm³/mol. The molecule has 0 aliphatic carbocycles. The van der Waals surface area contributed by atoms with E-state index >= 15 is 0 Å². The number of unbranched alkanes of at least 4 members (excludes halogenated alkanes) is 1. The number of benzene rings is 1. The van der Waals surface area contributed by atoms with Crippen LogP contribution in [0.5, 0.6) is 0 Å². The molecule has 0 spiro atoms. The molecule has 0 aliphatic rings. The lowest BCUT2D eigenvalue weighted by Gasteiger charge is -2.05. The molecule has 0 bridgehead atoms. The van der Waals surface area contributed by atoms with E-state index < -0.39 is 0 Å². The molecule has 0 atom stereocenters. The molecule has 0 unspecified atom stereocenters. The number of hydrogen-bond donors (Lipinski definition) is 1. The van der Waals surface area contributed by atoms with Crippen molar-refractivity contribution in [2.75, 3.05) is 13.1 Å². The minimum absolute atomic E-state index is 0.106. The first kappa shape index (κ1) is 13.7. The van der Waals surface area contributed by atoms with Crippen LogP contribution in [-0.2, 0) is 16.1 Å². The van der Waals surface area contributed by atoms with E-state index in [1.54, 1.807) is 0 Å². The Kier molecular flexibility index (Phi) is 7.07. The van der Waals surface area contributed by atoms with Gasteiger partial charge in [-0.15, -0.1) is 0 Å². The Labute approximate surface area is 103 Å². The molecular weight excluding hydrogens is 214 g/mol. The van der Waals surface area contributed by atoms with Gasteiger partial charge in [-0.2, -0.15) is 0 Å². The molecule has 0 aliphatic heterocycles. The summed E-state index contributed by atoms with van der Waals surface area (Å²) in [7, 11) is 0. The van der Waals surface area contributed by atoms with Crippen LogP contribution in [0.2, 0.25) is 0 Å². The summed E-state index contributed by atoms with van der Waals surface area (Å²) in [5.74, 6) is -0.106. The molecule has 94 valence electrons. The largest absolute Gasteiger partial charge is 0.461 e. The number of rotatable bonds is 8. The van der Waals surface area contributed by atoms with Crippen molar-refractivity contribution in [3.63, 3.8) is 0 Å². The summed E-state index contributed by atoms with van der Waals surface area (Å²) < 4.78 is 5.18. The molecule has 0 heterocycles. The lowest BCUT2D eigenvalue weighted by atomic mass is 10.2. The van der Waals surface area contributed by atoms with Gasteiger partial charge in [0, 0.05) is 6.42 Å². The number of esters is 1. The van der Waals surface area contributed by atoms with Crippen LogP contribution in [0.4, 0.5) is 0 Å². The third kappa shape index (κ3) is 6.74. The fourth-order valence-corrected chi connectivity index (χ4v) is 1.51. The third-order valence-corrected chi connectivity index (χ3v) is 2.48. The quantitative estimate of drug-likeness (QED) is 0.556. The standard InChI is InChI=1S/C14H21NO2/c1-2-15-11-7-6-10-14(16)17-12-13-8-4-3-5-9-13/h3-5,8-9,15H,2,6-7,10-12H2,1H3. The van der Waals surface area contributed by atoms with Gasteiger partial charge >= 0.3 is 5.97 Å². The first-order valence-corrected chi connectivity index (χ1v) is 6.23. The Bertz CT molecular complexity index is 311. The van der Waals surface area contributed by atoms with E-state index in [-0.39, 0.29) is 5.97 Å². The summed E-state index contributed by atoms with van der Waals surface area (Å²) in [5, 5.41) is 3.23. The Morgan fingerprint density at radius 1 is 1.24 bits per heavy atom. The molecule has 0 amide bonds. The van der Waals surface area contributed by atoms with Gasteiger partial charge in [-0.1, -0.05) is 37.3 Å². The van der Waals surface area contributed by atoms with Crippen molar-refractivity contribution >= 4 is 5.97 Å². The fourth-order valence-electron chi connectivity index (χ4n) is 1.51. The van der Waals surface area contributed by atoms with Crippen molar-refractivity contribution in [2.24, 2.45) is 0 Å². The van der Waals surface area contributed by atoms with Crippen LogP contribution in [0.3, 0.4) is 0 Å². The molecule has 0 aromatic heterocycles. The molecule has 0 radical (unpaired) electrons. The van der Waals surface area contributed by atoms with Gasteiger partial charge in [-0.3, -0.25) is 4.79 Å². The number of hydrogen-bond acceptors (Lipinski definition) is 3. The van der Waals surface area contributed by atoms with E-state index in [1.807, 2.05) is 30.3 Å². The van der Waals surface area contributed by atoms with Gasteiger partial charge in [0.2, 0.25) is 0 Å². The molecule has 17 heavy (non-hydrogen) atoms. The summed E-state index contributed by atoms with van der Waals surface area (Å²) in [4.78, 5) is 11.4. The first-order chi connectivity index (χ1) is 8.33.